The molecule has 0 rings (SSSR count). The fourth-order valence-corrected chi connectivity index (χ4v) is 0.824. The molecule has 0 aromatic heterocycles. The molecule has 0 aliphatic rings. The van der Waals surface area contributed by atoms with Gasteiger partial charge in [0.25, 0.3) is 0 Å². The van der Waals surface area contributed by atoms with Gasteiger partial charge in [0.15, 0.2) is 0 Å². The Bertz CT molecular complexity index is 257. The molecular formula is C11H17NO4. The summed E-state index contributed by atoms with van der Waals surface area (Å²) in [5.74, 6) is -0.532. The van der Waals surface area contributed by atoms with Gasteiger partial charge in [0.2, 0.25) is 0 Å². The lowest BCUT2D eigenvalue weighted by Gasteiger charge is -2.09. The van der Waals surface area contributed by atoms with E-state index in [4.69, 9.17) is 19.5 Å². The van der Waals surface area contributed by atoms with Gasteiger partial charge in [-0.2, -0.15) is 5.26 Å². The second-order valence-electron chi connectivity index (χ2n) is 3.08. The number of methoxy groups -OCH3 is 1. The van der Waals surface area contributed by atoms with Crippen LogP contribution in [0.2, 0.25) is 0 Å². The highest BCUT2D eigenvalue weighted by molar-refractivity contribution is 5.82. The standard InChI is InChI=1S/C11H17NO4/c1-10(14-2)5-7-15-8-9-16-11(13)4-3-6-12/h3-4,10H,5,7-9H2,1-2H3. The van der Waals surface area contributed by atoms with Crippen molar-refractivity contribution in [1.82, 2.24) is 0 Å². The minimum absolute atomic E-state index is 0.168. The van der Waals surface area contributed by atoms with Crippen LogP contribution in [0.3, 0.4) is 0 Å². The highest BCUT2D eigenvalue weighted by atomic mass is 16.6. The molecule has 0 heterocycles. The van der Waals surface area contributed by atoms with Gasteiger partial charge < -0.3 is 14.2 Å². The van der Waals surface area contributed by atoms with Crippen LogP contribution in [0.15, 0.2) is 12.2 Å². The van der Waals surface area contributed by atoms with E-state index in [0.29, 0.717) is 13.2 Å². The third-order valence-corrected chi connectivity index (χ3v) is 1.84. The Labute approximate surface area is 95.6 Å². The van der Waals surface area contributed by atoms with Crippen LogP contribution < -0.4 is 0 Å². The second-order valence-corrected chi connectivity index (χ2v) is 3.08. The zero-order chi connectivity index (χ0) is 12.2. The molecule has 1 unspecified atom stereocenters. The van der Waals surface area contributed by atoms with E-state index >= 15 is 0 Å². The van der Waals surface area contributed by atoms with Gasteiger partial charge in [-0.3, -0.25) is 0 Å². The fourth-order valence-electron chi connectivity index (χ4n) is 0.824. The first-order valence-corrected chi connectivity index (χ1v) is 5.04. The molecule has 0 aliphatic carbocycles. The van der Waals surface area contributed by atoms with Crippen LogP contribution in [-0.2, 0) is 19.0 Å². The summed E-state index contributed by atoms with van der Waals surface area (Å²) < 4.78 is 15.0. The minimum Gasteiger partial charge on any atom is -0.460 e. The lowest BCUT2D eigenvalue weighted by atomic mass is 10.3. The van der Waals surface area contributed by atoms with Crippen LogP contribution in [0, 0.1) is 11.3 Å². The number of ether oxygens (including phenoxy) is 3. The zero-order valence-electron chi connectivity index (χ0n) is 9.64. The Hall–Kier alpha value is -1.38. The van der Waals surface area contributed by atoms with E-state index in [-0.39, 0.29) is 12.7 Å². The minimum atomic E-state index is -0.532. The van der Waals surface area contributed by atoms with Gasteiger partial charge in [-0.1, -0.05) is 0 Å². The molecule has 90 valence electrons. The van der Waals surface area contributed by atoms with Crippen molar-refractivity contribution in [2.45, 2.75) is 19.4 Å². The zero-order valence-corrected chi connectivity index (χ0v) is 9.64. The predicted molar refractivity (Wildman–Crippen MR) is 57.6 cm³/mol. The topological polar surface area (TPSA) is 68.6 Å². The number of allylic oxidation sites excluding steroid dienone is 1. The van der Waals surface area contributed by atoms with Crippen LogP contribution in [0.4, 0.5) is 0 Å². The largest absolute Gasteiger partial charge is 0.460 e. The second kappa shape index (κ2) is 10.1. The van der Waals surface area contributed by atoms with E-state index in [0.717, 1.165) is 18.6 Å². The Morgan fingerprint density at radius 1 is 1.44 bits per heavy atom. The van der Waals surface area contributed by atoms with E-state index < -0.39 is 5.97 Å². The summed E-state index contributed by atoms with van der Waals surface area (Å²) in [5, 5.41) is 8.15. The van der Waals surface area contributed by atoms with Gasteiger partial charge >= 0.3 is 5.97 Å². The first-order valence-electron chi connectivity index (χ1n) is 5.04. The maximum Gasteiger partial charge on any atom is 0.331 e. The average molecular weight is 227 g/mol. The van der Waals surface area contributed by atoms with Crippen LogP contribution in [0.5, 0.6) is 0 Å². The first-order chi connectivity index (χ1) is 7.70. The number of hydrogen-bond donors (Lipinski definition) is 0. The van der Waals surface area contributed by atoms with Crippen molar-refractivity contribution >= 4 is 5.97 Å². The van der Waals surface area contributed by atoms with Crippen molar-refractivity contribution < 1.29 is 19.0 Å². The van der Waals surface area contributed by atoms with Gasteiger partial charge in [-0.25, -0.2) is 4.79 Å². The number of carbonyl (C=O) groups is 1. The molecule has 0 radical (unpaired) electrons. The number of carbonyl (C=O) groups excluding carboxylic acids is 1. The van der Waals surface area contributed by atoms with Crippen LogP contribution in [-0.4, -0.2) is 39.0 Å². The van der Waals surface area contributed by atoms with Gasteiger partial charge in [-0.15, -0.1) is 0 Å². The summed E-state index contributed by atoms with van der Waals surface area (Å²) in [4.78, 5) is 10.9. The lowest BCUT2D eigenvalue weighted by Crippen LogP contribution is -2.12. The van der Waals surface area contributed by atoms with E-state index in [1.165, 1.54) is 0 Å². The van der Waals surface area contributed by atoms with Crippen molar-refractivity contribution in [3.05, 3.63) is 12.2 Å². The molecule has 5 nitrogen and oxygen atoms in total. The molecule has 0 aromatic carbocycles. The summed E-state index contributed by atoms with van der Waals surface area (Å²) in [5.41, 5.74) is 0. The summed E-state index contributed by atoms with van der Waals surface area (Å²) in [6.07, 6.45) is 3.12. The van der Waals surface area contributed by atoms with Crippen LogP contribution in [0.25, 0.3) is 0 Å². The highest BCUT2D eigenvalue weighted by Gasteiger charge is 1.99. The number of nitriles is 1. The molecule has 0 spiro atoms. The number of nitrogens with zero attached hydrogens (tertiary/aromatic N) is 1. The summed E-state index contributed by atoms with van der Waals surface area (Å²) in [7, 11) is 1.65. The molecule has 16 heavy (non-hydrogen) atoms. The predicted octanol–water partition coefficient (Wildman–Crippen LogP) is 1.05. The quantitative estimate of drug-likeness (QED) is 0.268. The maximum atomic E-state index is 10.9. The number of esters is 1. The van der Waals surface area contributed by atoms with Gasteiger partial charge in [0.05, 0.1) is 18.8 Å². The summed E-state index contributed by atoms with van der Waals surface area (Å²) in [6, 6.07) is 1.70. The van der Waals surface area contributed by atoms with Crippen molar-refractivity contribution in [3.63, 3.8) is 0 Å². The van der Waals surface area contributed by atoms with E-state index in [9.17, 15) is 4.79 Å². The Kier molecular flexibility index (Phi) is 9.27. The van der Waals surface area contributed by atoms with Crippen molar-refractivity contribution in [2.75, 3.05) is 26.9 Å². The van der Waals surface area contributed by atoms with Crippen molar-refractivity contribution in [1.29, 1.82) is 5.26 Å². The lowest BCUT2D eigenvalue weighted by molar-refractivity contribution is -0.139. The van der Waals surface area contributed by atoms with Gasteiger partial charge in [0.1, 0.15) is 6.61 Å². The number of rotatable bonds is 8. The van der Waals surface area contributed by atoms with E-state index in [1.807, 2.05) is 6.92 Å². The van der Waals surface area contributed by atoms with Gasteiger partial charge in [-0.05, 0) is 13.3 Å². The third-order valence-electron chi connectivity index (χ3n) is 1.84. The summed E-state index contributed by atoms with van der Waals surface area (Å²) >= 11 is 0. The van der Waals surface area contributed by atoms with Crippen molar-refractivity contribution in [3.8, 4) is 6.07 Å². The van der Waals surface area contributed by atoms with E-state index in [2.05, 4.69) is 0 Å². The molecule has 5 heteroatoms. The molecule has 0 saturated heterocycles. The SMILES string of the molecule is COC(C)CCOCCOC(=O)C=CC#N. The molecule has 1 atom stereocenters. The maximum absolute atomic E-state index is 10.9. The third kappa shape index (κ3) is 9.19. The van der Waals surface area contributed by atoms with Gasteiger partial charge in [0, 0.05) is 25.9 Å². The molecule has 0 bridgehead atoms. The Morgan fingerprint density at radius 2 is 2.19 bits per heavy atom. The Morgan fingerprint density at radius 3 is 2.81 bits per heavy atom. The highest BCUT2D eigenvalue weighted by Crippen LogP contribution is 1.95. The molecular weight excluding hydrogens is 210 g/mol. The molecule has 0 aliphatic heterocycles. The molecule has 0 fully saturated rings. The number of hydrogen-bond acceptors (Lipinski definition) is 5. The smallest absolute Gasteiger partial charge is 0.331 e. The normalized spacial score (nSPS) is 12.3. The fraction of sp³-hybridized carbons (Fsp3) is 0.636. The van der Waals surface area contributed by atoms with Crippen molar-refractivity contribution in [2.24, 2.45) is 0 Å². The Balaban J connectivity index is 3.31. The van der Waals surface area contributed by atoms with Crippen LogP contribution >= 0.6 is 0 Å². The summed E-state index contributed by atoms with van der Waals surface area (Å²) in [6.45, 7) is 3.06. The van der Waals surface area contributed by atoms with E-state index in [1.54, 1.807) is 13.2 Å². The molecule has 0 saturated carbocycles. The van der Waals surface area contributed by atoms with Crippen LogP contribution in [0.1, 0.15) is 13.3 Å². The monoisotopic (exact) mass is 227 g/mol. The molecule has 0 N–H and O–H groups in total. The molecule has 0 aromatic rings. The first kappa shape index (κ1) is 14.6. The molecule has 0 amide bonds. The average Bonchev–Trinajstić information content (AvgIpc) is 2.30.